The third-order valence-electron chi connectivity index (χ3n) is 7.71. The van der Waals surface area contributed by atoms with E-state index in [4.69, 9.17) is 5.41 Å². The van der Waals surface area contributed by atoms with Gasteiger partial charge in [-0.15, -0.1) is 0 Å². The Morgan fingerprint density at radius 2 is 1.92 bits per heavy atom. The molecule has 1 spiro atoms. The first-order chi connectivity index (χ1) is 18.7. The van der Waals surface area contributed by atoms with E-state index in [2.05, 4.69) is 15.6 Å². The van der Waals surface area contributed by atoms with Crippen molar-refractivity contribution in [1.82, 2.24) is 9.88 Å². The molecule has 39 heavy (non-hydrogen) atoms. The van der Waals surface area contributed by atoms with Crippen molar-refractivity contribution in [2.24, 2.45) is 5.41 Å². The first-order valence-electron chi connectivity index (χ1n) is 13.1. The number of nitrogens with one attached hydrogen (secondary N) is 3. The Bertz CT molecular complexity index is 1460. The number of aldehydes is 1. The van der Waals surface area contributed by atoms with Crippen molar-refractivity contribution in [2.75, 3.05) is 17.2 Å². The van der Waals surface area contributed by atoms with Crippen LogP contribution in [0.3, 0.4) is 0 Å². The molecule has 1 aromatic heterocycles. The quantitative estimate of drug-likeness (QED) is 0.303. The summed E-state index contributed by atoms with van der Waals surface area (Å²) in [7, 11) is 0. The van der Waals surface area contributed by atoms with E-state index in [-0.39, 0.29) is 24.9 Å². The van der Waals surface area contributed by atoms with Crippen LogP contribution >= 0.6 is 0 Å². The number of hydrogen-bond acceptors (Lipinski definition) is 6. The summed E-state index contributed by atoms with van der Waals surface area (Å²) in [5.41, 5.74) is 4.15. The van der Waals surface area contributed by atoms with E-state index in [1.807, 2.05) is 75.4 Å². The van der Waals surface area contributed by atoms with Crippen molar-refractivity contribution in [3.8, 4) is 0 Å². The molecule has 3 N–H and O–H groups in total. The third kappa shape index (κ3) is 4.82. The van der Waals surface area contributed by atoms with Crippen LogP contribution in [-0.2, 0) is 39.2 Å². The number of anilines is 2. The Labute approximate surface area is 228 Å². The Morgan fingerprint density at radius 1 is 1.15 bits per heavy atom. The molecule has 200 valence electrons. The fourth-order valence-electron chi connectivity index (χ4n) is 5.60. The smallest absolute Gasteiger partial charge is 0.237 e. The molecule has 8 heteroatoms. The van der Waals surface area contributed by atoms with Crippen LogP contribution in [-0.4, -0.2) is 46.8 Å². The lowest BCUT2D eigenvalue weighted by Crippen LogP contribution is -2.49. The number of carbonyl (C=O) groups excluding carboxylic acids is 3. The number of fused-ring (bicyclic) bond motifs is 3. The van der Waals surface area contributed by atoms with Gasteiger partial charge in [0, 0.05) is 42.2 Å². The molecule has 1 aliphatic heterocycles. The minimum absolute atomic E-state index is 0.0236. The monoisotopic (exact) mass is 523 g/mol. The van der Waals surface area contributed by atoms with Gasteiger partial charge in [0.25, 0.3) is 0 Å². The zero-order chi connectivity index (χ0) is 27.8. The maximum atomic E-state index is 13.4. The largest absolute Gasteiger partial charge is 0.383 e. The molecular formula is C31H33N5O3. The first kappa shape index (κ1) is 26.3. The number of benzene rings is 2. The van der Waals surface area contributed by atoms with E-state index in [1.54, 1.807) is 11.1 Å². The van der Waals surface area contributed by atoms with Gasteiger partial charge < -0.3 is 25.7 Å². The Hall–Kier alpha value is -4.33. The number of carbonyl (C=O) groups is 3. The van der Waals surface area contributed by atoms with Gasteiger partial charge >= 0.3 is 0 Å². The molecule has 2 aromatic carbocycles. The van der Waals surface area contributed by atoms with Gasteiger partial charge in [-0.2, -0.15) is 0 Å². The van der Waals surface area contributed by atoms with Crippen LogP contribution in [0.4, 0.5) is 11.5 Å². The molecule has 0 saturated heterocycles. The molecule has 1 aliphatic carbocycles. The van der Waals surface area contributed by atoms with E-state index >= 15 is 0 Å². The van der Waals surface area contributed by atoms with Crippen molar-refractivity contribution in [2.45, 2.75) is 51.6 Å². The second kappa shape index (κ2) is 10.1. The summed E-state index contributed by atoms with van der Waals surface area (Å²) in [4.78, 5) is 44.7. The summed E-state index contributed by atoms with van der Waals surface area (Å²) in [6, 6.07) is 16.6. The normalized spacial score (nSPS) is 18.2. The van der Waals surface area contributed by atoms with E-state index in [1.165, 1.54) is 6.21 Å². The standard InChI is InChI=1S/C31H33N5O3/c1-30(2,3)29(39)36(18-22-8-5-4-7-21(22)16-32)25(19-37)17-34-24-11-10-20-14-31(15-23(20)13-24)26-9-6-12-33-27(26)35-28(31)38/h4-13,16,19,25,32,34H,14-15,17-18H2,1-3H3,(H,33,35,38). The SMILES string of the molecule is CC(C)(C)C(=O)N(Cc1ccccc1C=N)C(C=O)CNc1ccc2c(c1)CC1(C2)C(=O)Nc2ncccc21. The number of amides is 2. The molecule has 2 aliphatic rings. The molecule has 2 atom stereocenters. The van der Waals surface area contributed by atoms with Gasteiger partial charge in [-0.05, 0) is 53.3 Å². The maximum Gasteiger partial charge on any atom is 0.237 e. The van der Waals surface area contributed by atoms with Crippen LogP contribution in [0.15, 0.2) is 60.8 Å². The number of aromatic nitrogens is 1. The predicted molar refractivity (Wildman–Crippen MR) is 151 cm³/mol. The average molecular weight is 524 g/mol. The van der Waals surface area contributed by atoms with E-state index in [9.17, 15) is 14.4 Å². The summed E-state index contributed by atoms with van der Waals surface area (Å²) in [6.45, 7) is 5.97. The van der Waals surface area contributed by atoms with Gasteiger partial charge in [0.15, 0.2) is 0 Å². The molecule has 2 heterocycles. The Kier molecular flexibility index (Phi) is 6.80. The van der Waals surface area contributed by atoms with E-state index in [0.717, 1.165) is 34.2 Å². The highest BCUT2D eigenvalue weighted by molar-refractivity contribution is 6.06. The first-order valence-corrected chi connectivity index (χ1v) is 13.1. The van der Waals surface area contributed by atoms with Crippen molar-refractivity contribution in [1.29, 1.82) is 5.41 Å². The van der Waals surface area contributed by atoms with Crippen LogP contribution in [0.5, 0.6) is 0 Å². The lowest BCUT2D eigenvalue weighted by atomic mass is 9.79. The number of rotatable bonds is 8. The minimum Gasteiger partial charge on any atom is -0.383 e. The molecule has 0 fully saturated rings. The van der Waals surface area contributed by atoms with Crippen molar-refractivity contribution in [3.63, 3.8) is 0 Å². The fraction of sp³-hybridized carbons (Fsp3) is 0.323. The van der Waals surface area contributed by atoms with Gasteiger partial charge in [-0.3, -0.25) is 9.59 Å². The average Bonchev–Trinajstić information content (AvgIpc) is 3.44. The topological polar surface area (TPSA) is 115 Å². The minimum atomic E-state index is -0.714. The van der Waals surface area contributed by atoms with Crippen LogP contribution in [0, 0.1) is 10.8 Å². The van der Waals surface area contributed by atoms with Crippen molar-refractivity contribution in [3.05, 3.63) is 88.6 Å². The van der Waals surface area contributed by atoms with Crippen molar-refractivity contribution >= 4 is 35.8 Å². The molecular weight excluding hydrogens is 490 g/mol. The lowest BCUT2D eigenvalue weighted by Gasteiger charge is -2.34. The predicted octanol–water partition coefficient (Wildman–Crippen LogP) is 4.12. The highest BCUT2D eigenvalue weighted by Crippen LogP contribution is 2.46. The maximum absolute atomic E-state index is 13.4. The highest BCUT2D eigenvalue weighted by atomic mass is 16.2. The fourth-order valence-corrected chi connectivity index (χ4v) is 5.60. The molecule has 8 nitrogen and oxygen atoms in total. The van der Waals surface area contributed by atoms with Gasteiger partial charge in [-0.1, -0.05) is 57.2 Å². The molecule has 0 bridgehead atoms. The van der Waals surface area contributed by atoms with Crippen LogP contribution in [0.2, 0.25) is 0 Å². The molecule has 5 rings (SSSR count). The molecule has 2 unspecified atom stereocenters. The lowest BCUT2D eigenvalue weighted by molar-refractivity contribution is -0.144. The van der Waals surface area contributed by atoms with Gasteiger partial charge in [0.2, 0.25) is 11.8 Å². The number of nitrogens with zero attached hydrogens (tertiary/aromatic N) is 2. The number of hydrogen-bond donors (Lipinski definition) is 3. The zero-order valence-corrected chi connectivity index (χ0v) is 22.5. The molecule has 0 radical (unpaired) electrons. The van der Waals surface area contributed by atoms with Gasteiger partial charge in [-0.25, -0.2) is 4.98 Å². The van der Waals surface area contributed by atoms with Crippen LogP contribution in [0.25, 0.3) is 0 Å². The van der Waals surface area contributed by atoms with Crippen molar-refractivity contribution < 1.29 is 14.4 Å². The van der Waals surface area contributed by atoms with Crippen LogP contribution in [0.1, 0.15) is 48.6 Å². The summed E-state index contributed by atoms with van der Waals surface area (Å²) < 4.78 is 0. The van der Waals surface area contributed by atoms with Gasteiger partial charge in [0.1, 0.15) is 18.1 Å². The summed E-state index contributed by atoms with van der Waals surface area (Å²) in [5.74, 6) is 0.469. The van der Waals surface area contributed by atoms with Gasteiger partial charge in [0.05, 0.1) is 5.41 Å². The summed E-state index contributed by atoms with van der Waals surface area (Å²) >= 11 is 0. The summed E-state index contributed by atoms with van der Waals surface area (Å²) in [5, 5.41) is 14.0. The number of pyridine rings is 1. The molecule has 0 saturated carbocycles. The Morgan fingerprint density at radius 3 is 2.67 bits per heavy atom. The highest BCUT2D eigenvalue weighted by Gasteiger charge is 2.51. The van der Waals surface area contributed by atoms with Crippen LogP contribution < -0.4 is 10.6 Å². The Balaban J connectivity index is 1.35. The second-order valence-electron chi connectivity index (χ2n) is 11.4. The summed E-state index contributed by atoms with van der Waals surface area (Å²) in [6.07, 6.45) is 4.94. The third-order valence-corrected chi connectivity index (χ3v) is 7.71. The second-order valence-corrected chi connectivity index (χ2v) is 11.4. The van der Waals surface area contributed by atoms with E-state index in [0.29, 0.717) is 24.2 Å². The molecule has 2 amide bonds. The van der Waals surface area contributed by atoms with E-state index < -0.39 is 16.9 Å². The molecule has 3 aromatic rings. The zero-order valence-electron chi connectivity index (χ0n) is 22.5.